The molecule has 0 bridgehead atoms. The zero-order valence-electron chi connectivity index (χ0n) is 17.5. The van der Waals surface area contributed by atoms with Crippen molar-refractivity contribution >= 4 is 28.6 Å². The van der Waals surface area contributed by atoms with Gasteiger partial charge in [-0.25, -0.2) is 9.78 Å². The third-order valence-corrected chi connectivity index (χ3v) is 5.03. The molecule has 1 saturated carbocycles. The van der Waals surface area contributed by atoms with E-state index >= 15 is 0 Å². The molecule has 1 aliphatic rings. The fourth-order valence-electron chi connectivity index (χ4n) is 3.57. The number of fused-ring (bicyclic) bond motifs is 1. The summed E-state index contributed by atoms with van der Waals surface area (Å²) in [5.74, 6) is 1.12. The van der Waals surface area contributed by atoms with Crippen molar-refractivity contribution < 1.29 is 19.1 Å². The number of rotatable bonds is 4. The number of anilines is 1. The Labute approximate surface area is 171 Å². The molecule has 2 N–H and O–H groups in total. The molecule has 0 atom stereocenters. The van der Waals surface area contributed by atoms with E-state index in [1.807, 2.05) is 45.0 Å². The second-order valence-electron chi connectivity index (χ2n) is 8.43. The highest BCUT2D eigenvalue weighted by Gasteiger charge is 2.28. The summed E-state index contributed by atoms with van der Waals surface area (Å²) in [6.45, 7) is 5.51. The molecule has 29 heavy (non-hydrogen) atoms. The molecule has 156 valence electrons. The number of nitrogens with zero attached hydrogens (tertiary/aromatic N) is 1. The lowest BCUT2D eigenvalue weighted by Crippen LogP contribution is -2.42. The van der Waals surface area contributed by atoms with Crippen LogP contribution in [0.5, 0.6) is 5.75 Å². The van der Waals surface area contributed by atoms with Crippen LogP contribution in [0.2, 0.25) is 0 Å². The van der Waals surface area contributed by atoms with Gasteiger partial charge in [0.1, 0.15) is 17.2 Å². The van der Waals surface area contributed by atoms with Gasteiger partial charge in [-0.2, -0.15) is 0 Å². The first-order chi connectivity index (χ1) is 13.7. The zero-order chi connectivity index (χ0) is 21.0. The van der Waals surface area contributed by atoms with Gasteiger partial charge >= 0.3 is 6.09 Å². The minimum absolute atomic E-state index is 0.0360. The minimum Gasteiger partial charge on any atom is -0.497 e. The first-order valence-electron chi connectivity index (χ1n) is 9.98. The molecule has 0 aliphatic heterocycles. The molecule has 7 nitrogen and oxygen atoms in total. The molecule has 0 saturated heterocycles. The fourth-order valence-corrected chi connectivity index (χ4v) is 3.57. The van der Waals surface area contributed by atoms with Crippen molar-refractivity contribution in [3.8, 4) is 5.75 Å². The van der Waals surface area contributed by atoms with Gasteiger partial charge in [0.2, 0.25) is 5.91 Å². The Hall–Kier alpha value is -2.83. The number of hydrogen-bond donors (Lipinski definition) is 2. The molecule has 3 rings (SSSR count). The second-order valence-corrected chi connectivity index (χ2v) is 8.43. The van der Waals surface area contributed by atoms with Crippen LogP contribution >= 0.6 is 0 Å². The lowest BCUT2D eigenvalue weighted by Gasteiger charge is -2.29. The zero-order valence-corrected chi connectivity index (χ0v) is 17.5. The lowest BCUT2D eigenvalue weighted by molar-refractivity contribution is -0.120. The van der Waals surface area contributed by atoms with Gasteiger partial charge in [-0.3, -0.25) is 4.79 Å². The summed E-state index contributed by atoms with van der Waals surface area (Å²) in [4.78, 5) is 29.1. The van der Waals surface area contributed by atoms with Crippen molar-refractivity contribution in [2.24, 2.45) is 5.92 Å². The maximum atomic E-state index is 12.8. The Balaban J connectivity index is 1.58. The second kappa shape index (κ2) is 8.68. The molecule has 2 aromatic rings. The summed E-state index contributed by atoms with van der Waals surface area (Å²) >= 11 is 0. The number of methoxy groups -OCH3 is 1. The molecule has 0 radical (unpaired) electrons. The summed E-state index contributed by atoms with van der Waals surface area (Å²) in [5, 5.41) is 7.71. The van der Waals surface area contributed by atoms with Crippen LogP contribution in [0.15, 0.2) is 30.5 Å². The summed E-state index contributed by atoms with van der Waals surface area (Å²) < 4.78 is 10.6. The molecule has 1 aromatic heterocycles. The monoisotopic (exact) mass is 399 g/mol. The van der Waals surface area contributed by atoms with E-state index in [0.717, 1.165) is 29.4 Å². The van der Waals surface area contributed by atoms with Gasteiger partial charge in [0.25, 0.3) is 0 Å². The lowest BCUT2D eigenvalue weighted by atomic mass is 9.85. The van der Waals surface area contributed by atoms with E-state index in [4.69, 9.17) is 9.47 Å². The van der Waals surface area contributed by atoms with Crippen molar-refractivity contribution in [2.75, 3.05) is 12.4 Å². The maximum Gasteiger partial charge on any atom is 0.407 e. The van der Waals surface area contributed by atoms with E-state index in [-0.39, 0.29) is 17.9 Å². The van der Waals surface area contributed by atoms with Crippen LogP contribution in [0.4, 0.5) is 10.6 Å². The third kappa shape index (κ3) is 5.59. The normalized spacial score (nSPS) is 19.4. The van der Waals surface area contributed by atoms with Gasteiger partial charge in [0.15, 0.2) is 0 Å². The predicted molar refractivity (Wildman–Crippen MR) is 112 cm³/mol. The number of benzene rings is 1. The molecule has 1 aliphatic carbocycles. The van der Waals surface area contributed by atoms with Crippen molar-refractivity contribution in [1.29, 1.82) is 0 Å². The standard InChI is InChI=1S/C22H29N3O4/c1-22(2,3)29-21(27)24-16-8-5-15(6-9-16)20(26)25-19-18-13-17(28-4)10-7-14(18)11-12-23-19/h7,10-13,15-16H,5-6,8-9H2,1-4H3,(H,24,27)(H,23,25,26). The molecular formula is C22H29N3O4. The number of aromatic nitrogens is 1. The van der Waals surface area contributed by atoms with Crippen molar-refractivity contribution in [3.05, 3.63) is 30.5 Å². The first-order valence-corrected chi connectivity index (χ1v) is 9.98. The summed E-state index contributed by atoms with van der Waals surface area (Å²) in [6, 6.07) is 7.64. The number of carbonyl (C=O) groups excluding carboxylic acids is 2. The molecule has 7 heteroatoms. The number of ether oxygens (including phenoxy) is 2. The maximum absolute atomic E-state index is 12.8. The molecule has 2 amide bonds. The Morgan fingerprint density at radius 2 is 1.83 bits per heavy atom. The van der Waals surface area contributed by atoms with Crippen molar-refractivity contribution in [1.82, 2.24) is 10.3 Å². The van der Waals surface area contributed by atoms with E-state index in [1.165, 1.54) is 0 Å². The molecule has 1 fully saturated rings. The highest BCUT2D eigenvalue weighted by atomic mass is 16.6. The van der Waals surface area contributed by atoms with Gasteiger partial charge in [0.05, 0.1) is 7.11 Å². The van der Waals surface area contributed by atoms with E-state index in [2.05, 4.69) is 15.6 Å². The quantitative estimate of drug-likeness (QED) is 0.802. The Morgan fingerprint density at radius 1 is 1.10 bits per heavy atom. The first kappa shape index (κ1) is 20.9. The van der Waals surface area contributed by atoms with Crippen LogP contribution < -0.4 is 15.4 Å². The summed E-state index contributed by atoms with van der Waals surface area (Å²) in [5.41, 5.74) is -0.519. The predicted octanol–water partition coefficient (Wildman–Crippen LogP) is 4.27. The summed E-state index contributed by atoms with van der Waals surface area (Å²) in [7, 11) is 1.61. The summed E-state index contributed by atoms with van der Waals surface area (Å²) in [6.07, 6.45) is 4.19. The molecule has 1 aromatic carbocycles. The average molecular weight is 399 g/mol. The molecule has 0 unspecified atom stereocenters. The van der Waals surface area contributed by atoms with Crippen molar-refractivity contribution in [2.45, 2.75) is 58.1 Å². The van der Waals surface area contributed by atoms with Crippen LogP contribution in [0, 0.1) is 5.92 Å². The third-order valence-electron chi connectivity index (χ3n) is 5.03. The Kier molecular flexibility index (Phi) is 6.25. The molecular weight excluding hydrogens is 370 g/mol. The van der Waals surface area contributed by atoms with E-state index in [1.54, 1.807) is 13.3 Å². The van der Waals surface area contributed by atoms with Gasteiger partial charge < -0.3 is 20.1 Å². The molecule has 1 heterocycles. The Morgan fingerprint density at radius 3 is 2.48 bits per heavy atom. The van der Waals surface area contributed by atoms with Gasteiger partial charge in [0, 0.05) is 23.5 Å². The van der Waals surface area contributed by atoms with Crippen molar-refractivity contribution in [3.63, 3.8) is 0 Å². The van der Waals surface area contributed by atoms with Crippen LogP contribution in [-0.2, 0) is 9.53 Å². The number of alkyl carbamates (subject to hydrolysis) is 1. The van der Waals surface area contributed by atoms with E-state index in [9.17, 15) is 9.59 Å². The fraction of sp³-hybridized carbons (Fsp3) is 0.500. The number of nitrogens with one attached hydrogen (secondary N) is 2. The van der Waals surface area contributed by atoms with Gasteiger partial charge in [-0.1, -0.05) is 6.07 Å². The number of carbonyl (C=O) groups is 2. The minimum atomic E-state index is -0.519. The van der Waals surface area contributed by atoms with Gasteiger partial charge in [-0.05, 0) is 70.0 Å². The van der Waals surface area contributed by atoms with Crippen LogP contribution in [0.1, 0.15) is 46.5 Å². The van der Waals surface area contributed by atoms with Crippen LogP contribution in [-0.4, -0.2) is 35.7 Å². The highest BCUT2D eigenvalue weighted by Crippen LogP contribution is 2.29. The SMILES string of the molecule is COc1ccc2ccnc(NC(=O)C3CCC(NC(=O)OC(C)(C)C)CC3)c2c1. The largest absolute Gasteiger partial charge is 0.497 e. The van der Waals surface area contributed by atoms with E-state index in [0.29, 0.717) is 18.7 Å². The van der Waals surface area contributed by atoms with E-state index < -0.39 is 11.7 Å². The average Bonchev–Trinajstić information content (AvgIpc) is 2.67. The number of pyridine rings is 1. The Bertz CT molecular complexity index is 883. The topological polar surface area (TPSA) is 89.5 Å². The smallest absolute Gasteiger partial charge is 0.407 e. The van der Waals surface area contributed by atoms with Gasteiger partial charge in [-0.15, -0.1) is 0 Å². The highest BCUT2D eigenvalue weighted by molar-refractivity contribution is 6.01. The molecule has 0 spiro atoms. The van der Waals surface area contributed by atoms with Crippen LogP contribution in [0.25, 0.3) is 10.8 Å². The number of amides is 2. The van der Waals surface area contributed by atoms with Crippen LogP contribution in [0.3, 0.4) is 0 Å². The number of hydrogen-bond acceptors (Lipinski definition) is 5.